The highest BCUT2D eigenvalue weighted by Crippen LogP contribution is 2.39. The molecule has 1 aromatic heterocycles. The Morgan fingerprint density at radius 1 is 0.619 bits per heavy atom. The largest absolute Gasteiger partial charge is 0.239 e. The first-order valence-corrected chi connectivity index (χ1v) is 7.95. The highest BCUT2D eigenvalue weighted by Gasteiger charge is 2.17. The van der Waals surface area contributed by atoms with Crippen LogP contribution in [0.4, 0.5) is 0 Å². The van der Waals surface area contributed by atoms with Crippen LogP contribution in [0, 0.1) is 6.92 Å². The van der Waals surface area contributed by atoms with Gasteiger partial charge in [-0.1, -0.05) is 54.1 Å². The second-order valence-corrected chi connectivity index (χ2v) is 6.42. The Bertz CT molecular complexity index is 883. The van der Waals surface area contributed by atoms with Crippen LogP contribution < -0.4 is 0 Å². The number of aryl methyl sites for hydroxylation is 1. The Morgan fingerprint density at radius 2 is 1.14 bits per heavy atom. The molecule has 0 saturated heterocycles. The standard InChI is InChI=1S/C20H15S/c1-14-10-12-15(13-11-14)20-16-6-2-4-8-18(16)21-19-9-5-3-7-17(19)20/h2-13H,1H3/q+1. The molecule has 0 spiro atoms. The minimum absolute atomic E-state index is 1.29. The van der Waals surface area contributed by atoms with Crippen LogP contribution in [-0.2, 0) is 0 Å². The molecule has 0 unspecified atom stereocenters. The monoisotopic (exact) mass is 287 g/mol. The Kier molecular flexibility index (Phi) is 2.94. The molecule has 1 heteroatoms. The van der Waals surface area contributed by atoms with Gasteiger partial charge in [0.2, 0.25) is 20.7 Å². The molecule has 100 valence electrons. The molecular weight excluding hydrogens is 272 g/mol. The zero-order chi connectivity index (χ0) is 14.2. The summed E-state index contributed by atoms with van der Waals surface area (Å²) in [7, 11) is 0. The van der Waals surface area contributed by atoms with Crippen LogP contribution >= 0.6 is 11.3 Å². The zero-order valence-electron chi connectivity index (χ0n) is 11.8. The van der Waals surface area contributed by atoms with E-state index in [2.05, 4.69) is 79.7 Å². The second-order valence-electron chi connectivity index (χ2n) is 5.34. The van der Waals surface area contributed by atoms with Crippen molar-refractivity contribution in [1.82, 2.24) is 0 Å². The topological polar surface area (TPSA) is 0 Å². The summed E-state index contributed by atoms with van der Waals surface area (Å²) in [6.07, 6.45) is 0. The third-order valence-corrected chi connectivity index (χ3v) is 5.02. The van der Waals surface area contributed by atoms with E-state index in [0.29, 0.717) is 0 Å². The SMILES string of the molecule is Cc1ccc(-c2c3ccccc3[s+]c3ccccc23)cc1. The van der Waals surface area contributed by atoms with Gasteiger partial charge in [-0.2, -0.15) is 0 Å². The fourth-order valence-corrected chi connectivity index (χ4v) is 3.91. The summed E-state index contributed by atoms with van der Waals surface area (Å²) in [5.41, 5.74) is 3.94. The van der Waals surface area contributed by atoms with Gasteiger partial charge in [0.05, 0.1) is 0 Å². The molecule has 0 fully saturated rings. The highest BCUT2D eigenvalue weighted by molar-refractivity contribution is 7.24. The van der Waals surface area contributed by atoms with E-state index in [1.165, 1.54) is 36.9 Å². The lowest BCUT2D eigenvalue weighted by molar-refractivity contribution is 1.48. The lowest BCUT2D eigenvalue weighted by Gasteiger charge is -2.06. The van der Waals surface area contributed by atoms with Gasteiger partial charge in [-0.05, 0) is 24.6 Å². The maximum absolute atomic E-state index is 2.23. The molecule has 1 heterocycles. The molecule has 4 aromatic rings. The number of fused-ring (bicyclic) bond motifs is 2. The predicted molar refractivity (Wildman–Crippen MR) is 93.9 cm³/mol. The van der Waals surface area contributed by atoms with Crippen LogP contribution in [0.1, 0.15) is 5.56 Å². The summed E-state index contributed by atoms with van der Waals surface area (Å²) in [6.45, 7) is 2.13. The number of hydrogen-bond donors (Lipinski definition) is 0. The van der Waals surface area contributed by atoms with Crippen molar-refractivity contribution in [3.63, 3.8) is 0 Å². The molecule has 0 aliphatic rings. The van der Waals surface area contributed by atoms with E-state index >= 15 is 0 Å². The smallest absolute Gasteiger partial charge is 0.0612 e. The first-order valence-electron chi connectivity index (χ1n) is 7.13. The first kappa shape index (κ1) is 12.5. The average molecular weight is 287 g/mol. The quantitative estimate of drug-likeness (QED) is 0.284. The normalized spacial score (nSPS) is 11.1. The molecule has 21 heavy (non-hydrogen) atoms. The van der Waals surface area contributed by atoms with E-state index in [1.807, 2.05) is 11.3 Å². The van der Waals surface area contributed by atoms with E-state index in [9.17, 15) is 0 Å². The van der Waals surface area contributed by atoms with Crippen molar-refractivity contribution in [1.29, 1.82) is 0 Å². The van der Waals surface area contributed by atoms with Crippen LogP contribution in [0.25, 0.3) is 31.3 Å². The molecule has 0 bridgehead atoms. The summed E-state index contributed by atoms with van der Waals surface area (Å²) in [4.78, 5) is 0. The molecule has 0 aliphatic carbocycles. The lowest BCUT2D eigenvalue weighted by atomic mass is 9.98. The van der Waals surface area contributed by atoms with Crippen molar-refractivity contribution >= 4 is 31.5 Å². The Morgan fingerprint density at radius 3 is 1.71 bits per heavy atom. The van der Waals surface area contributed by atoms with E-state index in [1.54, 1.807) is 0 Å². The minimum Gasteiger partial charge on any atom is -0.0612 e. The molecule has 0 saturated carbocycles. The molecule has 4 rings (SSSR count). The van der Waals surface area contributed by atoms with E-state index in [4.69, 9.17) is 0 Å². The maximum Gasteiger partial charge on any atom is 0.239 e. The van der Waals surface area contributed by atoms with Gasteiger partial charge in [0.25, 0.3) is 0 Å². The molecule has 0 amide bonds. The van der Waals surface area contributed by atoms with Crippen LogP contribution in [0.5, 0.6) is 0 Å². The molecule has 3 aromatic carbocycles. The van der Waals surface area contributed by atoms with E-state index in [-0.39, 0.29) is 0 Å². The summed E-state index contributed by atoms with van der Waals surface area (Å²) < 4.78 is 2.68. The second kappa shape index (κ2) is 4.94. The van der Waals surface area contributed by atoms with Crippen molar-refractivity contribution < 1.29 is 0 Å². The van der Waals surface area contributed by atoms with E-state index in [0.717, 1.165) is 0 Å². The van der Waals surface area contributed by atoms with Crippen molar-refractivity contribution in [2.24, 2.45) is 0 Å². The Labute approximate surface area is 128 Å². The Balaban J connectivity index is 2.18. The lowest BCUT2D eigenvalue weighted by Crippen LogP contribution is -1.84. The van der Waals surface area contributed by atoms with Crippen molar-refractivity contribution in [2.45, 2.75) is 6.92 Å². The van der Waals surface area contributed by atoms with Crippen LogP contribution in [0.15, 0.2) is 72.8 Å². The summed E-state index contributed by atoms with van der Waals surface area (Å²) in [5, 5.41) is 2.68. The first-order chi connectivity index (χ1) is 10.3. The number of hydrogen-bond acceptors (Lipinski definition) is 0. The number of benzene rings is 3. The zero-order valence-corrected chi connectivity index (χ0v) is 12.7. The van der Waals surface area contributed by atoms with Gasteiger partial charge in [-0.15, -0.1) is 0 Å². The molecule has 0 atom stereocenters. The van der Waals surface area contributed by atoms with Gasteiger partial charge >= 0.3 is 0 Å². The Hall–Kier alpha value is -2.25. The van der Waals surface area contributed by atoms with Crippen molar-refractivity contribution in [3.8, 4) is 11.1 Å². The maximum atomic E-state index is 2.23. The third-order valence-electron chi connectivity index (χ3n) is 3.87. The highest BCUT2D eigenvalue weighted by atomic mass is 32.1. The van der Waals surface area contributed by atoms with Gasteiger partial charge in [-0.3, -0.25) is 0 Å². The molecule has 0 N–H and O–H groups in total. The van der Waals surface area contributed by atoms with Gasteiger partial charge in [0.15, 0.2) is 0 Å². The average Bonchev–Trinajstić information content (AvgIpc) is 2.53. The molecule has 0 aliphatic heterocycles. The van der Waals surface area contributed by atoms with Crippen LogP contribution in [-0.4, -0.2) is 0 Å². The molecular formula is C20H15S+. The van der Waals surface area contributed by atoms with Crippen LogP contribution in [0.3, 0.4) is 0 Å². The third kappa shape index (κ3) is 2.10. The summed E-state index contributed by atoms with van der Waals surface area (Å²) in [6, 6.07) is 26.2. The van der Waals surface area contributed by atoms with Crippen molar-refractivity contribution in [2.75, 3.05) is 0 Å². The molecule has 0 radical (unpaired) electrons. The van der Waals surface area contributed by atoms with E-state index < -0.39 is 0 Å². The van der Waals surface area contributed by atoms with Gasteiger partial charge < -0.3 is 0 Å². The summed E-state index contributed by atoms with van der Waals surface area (Å²) in [5.74, 6) is 0. The minimum atomic E-state index is 1.29. The summed E-state index contributed by atoms with van der Waals surface area (Å²) >= 11 is 1.86. The fraction of sp³-hybridized carbons (Fsp3) is 0.0500. The molecule has 0 nitrogen and oxygen atoms in total. The predicted octanol–water partition coefficient (Wildman–Crippen LogP) is 6.31. The van der Waals surface area contributed by atoms with Gasteiger partial charge in [0.1, 0.15) is 0 Å². The van der Waals surface area contributed by atoms with Crippen molar-refractivity contribution in [3.05, 3.63) is 78.4 Å². The van der Waals surface area contributed by atoms with Crippen LogP contribution in [0.2, 0.25) is 0 Å². The number of rotatable bonds is 1. The van der Waals surface area contributed by atoms with Gasteiger partial charge in [-0.25, -0.2) is 0 Å². The van der Waals surface area contributed by atoms with Gasteiger partial charge in [0, 0.05) is 28.5 Å². The fourth-order valence-electron chi connectivity index (χ4n) is 2.82.